The molecule has 19 heavy (non-hydrogen) atoms. The predicted octanol–water partition coefficient (Wildman–Crippen LogP) is 1.58. The lowest BCUT2D eigenvalue weighted by atomic mass is 9.88. The van der Waals surface area contributed by atoms with Gasteiger partial charge in [0.15, 0.2) is 0 Å². The first-order chi connectivity index (χ1) is 9.20. The van der Waals surface area contributed by atoms with Gasteiger partial charge in [0.05, 0.1) is 19.3 Å². The van der Waals surface area contributed by atoms with Gasteiger partial charge in [-0.15, -0.1) is 5.10 Å². The molecule has 1 aromatic rings. The Kier molecular flexibility index (Phi) is 5.15. The van der Waals surface area contributed by atoms with E-state index in [9.17, 15) is 4.79 Å². The fourth-order valence-corrected chi connectivity index (χ4v) is 2.49. The molecule has 1 heterocycles. The molecule has 1 saturated carbocycles. The molecule has 0 bridgehead atoms. The zero-order valence-corrected chi connectivity index (χ0v) is 11.6. The standard InChI is InChI=1S/C13H22N2O4/c1-10-5-3-4-6-11(10)18-8-7-15-13(16)19-12(14-15)9-17-2/h10-11H,3-9H2,1-2H3. The maximum atomic E-state index is 11.5. The Bertz CT molecular complexity index is 440. The third-order valence-electron chi connectivity index (χ3n) is 3.58. The fraction of sp³-hybridized carbons (Fsp3) is 0.846. The first-order valence-corrected chi connectivity index (χ1v) is 6.88. The summed E-state index contributed by atoms with van der Waals surface area (Å²) >= 11 is 0. The summed E-state index contributed by atoms with van der Waals surface area (Å²) in [5.41, 5.74) is 0. The van der Waals surface area contributed by atoms with Gasteiger partial charge < -0.3 is 13.9 Å². The van der Waals surface area contributed by atoms with E-state index in [0.717, 1.165) is 6.42 Å². The topological polar surface area (TPSA) is 66.5 Å². The van der Waals surface area contributed by atoms with Crippen LogP contribution < -0.4 is 5.76 Å². The van der Waals surface area contributed by atoms with Gasteiger partial charge in [-0.2, -0.15) is 4.68 Å². The number of hydrogen-bond acceptors (Lipinski definition) is 5. The largest absolute Gasteiger partial charge is 0.437 e. The van der Waals surface area contributed by atoms with Crippen LogP contribution in [0.15, 0.2) is 9.21 Å². The lowest BCUT2D eigenvalue weighted by molar-refractivity contribution is -0.00980. The highest BCUT2D eigenvalue weighted by molar-refractivity contribution is 4.73. The number of hydrogen-bond donors (Lipinski definition) is 0. The van der Waals surface area contributed by atoms with E-state index in [1.807, 2.05) is 0 Å². The highest BCUT2D eigenvalue weighted by Gasteiger charge is 2.21. The van der Waals surface area contributed by atoms with E-state index in [1.165, 1.54) is 31.1 Å². The smallest absolute Gasteiger partial charge is 0.390 e. The van der Waals surface area contributed by atoms with Crippen LogP contribution in [0.2, 0.25) is 0 Å². The Hall–Kier alpha value is -1.14. The minimum Gasteiger partial charge on any atom is -0.390 e. The minimum absolute atomic E-state index is 0.211. The van der Waals surface area contributed by atoms with Gasteiger partial charge in [0.1, 0.15) is 6.61 Å². The number of methoxy groups -OCH3 is 1. The highest BCUT2D eigenvalue weighted by atomic mass is 16.5. The van der Waals surface area contributed by atoms with Crippen molar-refractivity contribution in [2.45, 2.75) is 51.9 Å². The molecule has 1 fully saturated rings. The lowest BCUT2D eigenvalue weighted by Crippen LogP contribution is -2.28. The molecule has 1 aliphatic carbocycles. The summed E-state index contributed by atoms with van der Waals surface area (Å²) in [5, 5.41) is 4.03. The average molecular weight is 270 g/mol. The van der Waals surface area contributed by atoms with Crippen LogP contribution in [0.3, 0.4) is 0 Å². The summed E-state index contributed by atoms with van der Waals surface area (Å²) in [6.45, 7) is 3.36. The molecule has 6 nitrogen and oxygen atoms in total. The van der Waals surface area contributed by atoms with E-state index in [2.05, 4.69) is 12.0 Å². The molecule has 0 spiro atoms. The van der Waals surface area contributed by atoms with Gasteiger partial charge >= 0.3 is 5.76 Å². The molecule has 0 aliphatic heterocycles. The molecule has 0 saturated heterocycles. The molecular weight excluding hydrogens is 248 g/mol. The minimum atomic E-state index is -0.452. The maximum absolute atomic E-state index is 11.5. The Balaban J connectivity index is 1.80. The van der Waals surface area contributed by atoms with E-state index in [0.29, 0.717) is 31.1 Å². The Morgan fingerprint density at radius 1 is 1.42 bits per heavy atom. The molecule has 108 valence electrons. The van der Waals surface area contributed by atoms with Crippen LogP contribution in [0.1, 0.15) is 38.5 Å². The van der Waals surface area contributed by atoms with E-state index in [-0.39, 0.29) is 6.61 Å². The van der Waals surface area contributed by atoms with E-state index >= 15 is 0 Å². The summed E-state index contributed by atoms with van der Waals surface area (Å²) < 4.78 is 16.9. The highest BCUT2D eigenvalue weighted by Crippen LogP contribution is 2.26. The number of rotatable bonds is 6. The molecule has 2 atom stereocenters. The first-order valence-electron chi connectivity index (χ1n) is 6.88. The van der Waals surface area contributed by atoms with Gasteiger partial charge in [0.25, 0.3) is 0 Å². The third-order valence-corrected chi connectivity index (χ3v) is 3.58. The van der Waals surface area contributed by atoms with Crippen molar-refractivity contribution in [2.75, 3.05) is 13.7 Å². The SMILES string of the molecule is COCc1nn(CCOC2CCCCC2C)c(=O)o1. The van der Waals surface area contributed by atoms with Crippen molar-refractivity contribution in [1.82, 2.24) is 9.78 Å². The van der Waals surface area contributed by atoms with Gasteiger partial charge in [0, 0.05) is 7.11 Å². The molecule has 0 amide bonds. The summed E-state index contributed by atoms with van der Waals surface area (Å²) in [6, 6.07) is 0. The van der Waals surface area contributed by atoms with Crippen molar-refractivity contribution >= 4 is 0 Å². The van der Waals surface area contributed by atoms with Gasteiger partial charge in [-0.05, 0) is 18.8 Å². The second-order valence-corrected chi connectivity index (χ2v) is 5.09. The van der Waals surface area contributed by atoms with Gasteiger partial charge in [-0.25, -0.2) is 4.79 Å². The summed E-state index contributed by atoms with van der Waals surface area (Å²) in [4.78, 5) is 11.5. The molecule has 0 N–H and O–H groups in total. The maximum Gasteiger partial charge on any atom is 0.437 e. The van der Waals surface area contributed by atoms with Crippen molar-refractivity contribution in [3.8, 4) is 0 Å². The average Bonchev–Trinajstić information content (AvgIpc) is 2.73. The van der Waals surface area contributed by atoms with E-state index in [1.54, 1.807) is 0 Å². The molecule has 6 heteroatoms. The second kappa shape index (κ2) is 6.86. The Morgan fingerprint density at radius 3 is 2.95 bits per heavy atom. The van der Waals surface area contributed by atoms with Crippen molar-refractivity contribution in [3.63, 3.8) is 0 Å². The fourth-order valence-electron chi connectivity index (χ4n) is 2.49. The van der Waals surface area contributed by atoms with E-state index < -0.39 is 5.76 Å². The van der Waals surface area contributed by atoms with Crippen LogP contribution in [-0.2, 0) is 22.6 Å². The molecule has 2 unspecified atom stereocenters. The summed E-state index contributed by atoms with van der Waals surface area (Å²) in [5.74, 6) is 0.456. The molecule has 0 radical (unpaired) electrons. The monoisotopic (exact) mass is 270 g/mol. The van der Waals surface area contributed by atoms with Crippen LogP contribution >= 0.6 is 0 Å². The molecule has 1 aromatic heterocycles. The van der Waals surface area contributed by atoms with E-state index in [4.69, 9.17) is 13.9 Å². The van der Waals surface area contributed by atoms with Crippen LogP contribution in [0.25, 0.3) is 0 Å². The zero-order valence-electron chi connectivity index (χ0n) is 11.6. The zero-order chi connectivity index (χ0) is 13.7. The van der Waals surface area contributed by atoms with Crippen LogP contribution in [-0.4, -0.2) is 29.6 Å². The summed E-state index contributed by atoms with van der Waals surface area (Å²) in [7, 11) is 1.53. The lowest BCUT2D eigenvalue weighted by Gasteiger charge is -2.28. The van der Waals surface area contributed by atoms with Gasteiger partial charge in [0.2, 0.25) is 5.89 Å². The van der Waals surface area contributed by atoms with Crippen LogP contribution in [0.4, 0.5) is 0 Å². The number of nitrogens with zero attached hydrogens (tertiary/aromatic N) is 2. The van der Waals surface area contributed by atoms with Gasteiger partial charge in [-0.1, -0.05) is 19.8 Å². The third kappa shape index (κ3) is 3.91. The summed E-state index contributed by atoms with van der Waals surface area (Å²) in [6.07, 6.45) is 5.19. The van der Waals surface area contributed by atoms with Crippen molar-refractivity contribution in [3.05, 3.63) is 16.4 Å². The van der Waals surface area contributed by atoms with Crippen LogP contribution in [0, 0.1) is 5.92 Å². The Labute approximate surface area is 112 Å². The normalized spacial score (nSPS) is 23.7. The molecule has 2 rings (SSSR count). The quantitative estimate of drug-likeness (QED) is 0.785. The molecule has 0 aromatic carbocycles. The predicted molar refractivity (Wildman–Crippen MR) is 68.8 cm³/mol. The van der Waals surface area contributed by atoms with Crippen molar-refractivity contribution in [2.24, 2.45) is 5.92 Å². The second-order valence-electron chi connectivity index (χ2n) is 5.09. The number of ether oxygens (including phenoxy) is 2. The van der Waals surface area contributed by atoms with Crippen LogP contribution in [0.5, 0.6) is 0 Å². The number of aromatic nitrogens is 2. The first kappa shape index (κ1) is 14.3. The van der Waals surface area contributed by atoms with Crippen molar-refractivity contribution in [1.29, 1.82) is 0 Å². The Morgan fingerprint density at radius 2 is 2.21 bits per heavy atom. The van der Waals surface area contributed by atoms with Gasteiger partial charge in [-0.3, -0.25) is 0 Å². The molecule has 1 aliphatic rings. The molecular formula is C13H22N2O4. The van der Waals surface area contributed by atoms with Crippen molar-refractivity contribution < 1.29 is 13.9 Å².